The molecule has 0 saturated heterocycles. The van der Waals surface area contributed by atoms with Gasteiger partial charge < -0.3 is 14.4 Å². The molecule has 1 aromatic heterocycles. The Morgan fingerprint density at radius 3 is 2.83 bits per heavy atom. The van der Waals surface area contributed by atoms with Gasteiger partial charge in [-0.3, -0.25) is 0 Å². The van der Waals surface area contributed by atoms with Crippen molar-refractivity contribution >= 4 is 5.97 Å². The van der Waals surface area contributed by atoms with E-state index in [9.17, 15) is 4.79 Å². The summed E-state index contributed by atoms with van der Waals surface area (Å²) in [5, 5.41) is 12.4. The van der Waals surface area contributed by atoms with Gasteiger partial charge in [-0.15, -0.1) is 0 Å². The van der Waals surface area contributed by atoms with Crippen molar-refractivity contribution in [3.05, 3.63) is 18.0 Å². The highest BCUT2D eigenvalue weighted by Gasteiger charge is 2.21. The number of esters is 1. The van der Waals surface area contributed by atoms with Crippen LogP contribution in [0.15, 0.2) is 16.8 Å². The first-order valence-corrected chi connectivity index (χ1v) is 3.35. The van der Waals surface area contributed by atoms with E-state index in [1.165, 1.54) is 26.1 Å². The molecule has 0 aliphatic carbocycles. The third kappa shape index (κ3) is 2.35. The van der Waals surface area contributed by atoms with Crippen LogP contribution in [0.5, 0.6) is 0 Å². The summed E-state index contributed by atoms with van der Waals surface area (Å²) in [5.41, 5.74) is 0. The molecule has 0 aliphatic heterocycles. The van der Waals surface area contributed by atoms with Gasteiger partial charge in [-0.1, -0.05) is 5.16 Å². The van der Waals surface area contributed by atoms with Crippen molar-refractivity contribution in [1.29, 1.82) is 0 Å². The molecule has 1 aromatic rings. The first-order valence-electron chi connectivity index (χ1n) is 3.35. The lowest BCUT2D eigenvalue weighted by atomic mass is 10.4. The van der Waals surface area contributed by atoms with Gasteiger partial charge in [0.05, 0.1) is 6.20 Å². The monoisotopic (exact) mass is 171 g/mol. The smallest absolute Gasteiger partial charge is 0.379 e. The summed E-state index contributed by atoms with van der Waals surface area (Å²) in [4.78, 5) is 11.0. The van der Waals surface area contributed by atoms with E-state index in [-0.39, 0.29) is 5.76 Å². The van der Waals surface area contributed by atoms with Gasteiger partial charge in [-0.2, -0.15) is 0 Å². The lowest BCUT2D eigenvalue weighted by Gasteiger charge is -2.16. The van der Waals surface area contributed by atoms with Crippen molar-refractivity contribution in [2.75, 3.05) is 0 Å². The molecular weight excluding hydrogens is 162 g/mol. The molecule has 5 nitrogen and oxygen atoms in total. The Labute approximate surface area is 68.9 Å². The van der Waals surface area contributed by atoms with Gasteiger partial charge in [0.1, 0.15) is 0 Å². The molecule has 0 radical (unpaired) electrons. The summed E-state index contributed by atoms with van der Waals surface area (Å²) in [6.07, 6.45) is 1.32. The zero-order valence-electron chi connectivity index (χ0n) is 6.77. The van der Waals surface area contributed by atoms with Crippen LogP contribution in [0, 0.1) is 0 Å². The first-order chi connectivity index (χ1) is 5.49. The van der Waals surface area contributed by atoms with Crippen LogP contribution in [0.3, 0.4) is 0 Å². The number of hydrogen-bond donors (Lipinski definition) is 1. The van der Waals surface area contributed by atoms with Crippen molar-refractivity contribution < 1.29 is 19.2 Å². The van der Waals surface area contributed by atoms with E-state index in [1.54, 1.807) is 0 Å². The predicted molar refractivity (Wildman–Crippen MR) is 38.2 cm³/mol. The van der Waals surface area contributed by atoms with Crippen LogP contribution in [0.4, 0.5) is 0 Å². The first kappa shape index (κ1) is 8.73. The summed E-state index contributed by atoms with van der Waals surface area (Å²) in [5.74, 6) is -2.26. The van der Waals surface area contributed by atoms with Gasteiger partial charge in [0.25, 0.3) is 0 Å². The molecule has 1 N–H and O–H groups in total. The molecular formula is C7H9NO4. The minimum absolute atomic E-state index is 0.0304. The maximum Gasteiger partial charge on any atom is 0.379 e. The van der Waals surface area contributed by atoms with Crippen molar-refractivity contribution in [2.45, 2.75) is 19.6 Å². The number of carbonyl (C=O) groups excluding carboxylic acids is 1. The number of ether oxygens (including phenoxy) is 1. The summed E-state index contributed by atoms with van der Waals surface area (Å²) in [7, 11) is 0. The fraction of sp³-hybridized carbons (Fsp3) is 0.429. The van der Waals surface area contributed by atoms with E-state index >= 15 is 0 Å². The zero-order chi connectivity index (χ0) is 9.19. The molecule has 0 saturated carbocycles. The second-order valence-corrected chi connectivity index (χ2v) is 2.71. The molecule has 12 heavy (non-hydrogen) atoms. The molecule has 0 atom stereocenters. The maximum atomic E-state index is 11.0. The third-order valence-corrected chi connectivity index (χ3v) is 0.981. The van der Waals surface area contributed by atoms with Crippen LogP contribution >= 0.6 is 0 Å². The third-order valence-electron chi connectivity index (χ3n) is 0.981. The fourth-order valence-electron chi connectivity index (χ4n) is 0.598. The van der Waals surface area contributed by atoms with Crippen LogP contribution in [-0.4, -0.2) is 22.0 Å². The van der Waals surface area contributed by atoms with Crippen LogP contribution in [-0.2, 0) is 4.74 Å². The Morgan fingerprint density at radius 1 is 1.75 bits per heavy atom. The number of carbonyl (C=O) groups is 1. The maximum absolute atomic E-state index is 11.0. The van der Waals surface area contributed by atoms with Crippen LogP contribution < -0.4 is 0 Å². The fourth-order valence-corrected chi connectivity index (χ4v) is 0.598. The Balaban J connectivity index is 2.63. The minimum atomic E-state index is -1.50. The number of hydrogen-bond acceptors (Lipinski definition) is 5. The second kappa shape index (κ2) is 2.94. The van der Waals surface area contributed by atoms with Crippen LogP contribution in [0.2, 0.25) is 0 Å². The standard InChI is InChI=1S/C7H9NO4/c1-7(2,10)11-6(9)5-3-4-8-12-5/h3-4,10H,1-2H3. The average Bonchev–Trinajstić information content (AvgIpc) is 2.32. The quantitative estimate of drug-likeness (QED) is 0.520. The molecule has 0 amide bonds. The molecule has 1 rings (SSSR count). The highest BCUT2D eigenvalue weighted by atomic mass is 16.7. The molecule has 0 unspecified atom stereocenters. The highest BCUT2D eigenvalue weighted by Crippen LogP contribution is 2.08. The number of aliphatic hydroxyl groups is 1. The highest BCUT2D eigenvalue weighted by molar-refractivity contribution is 5.86. The van der Waals surface area contributed by atoms with Gasteiger partial charge in [0, 0.05) is 19.9 Å². The van der Waals surface area contributed by atoms with E-state index in [0.29, 0.717) is 0 Å². The SMILES string of the molecule is CC(C)(O)OC(=O)c1ccno1. The minimum Gasteiger partial charge on any atom is -0.428 e. The van der Waals surface area contributed by atoms with Gasteiger partial charge in [-0.05, 0) is 0 Å². The van der Waals surface area contributed by atoms with E-state index in [4.69, 9.17) is 5.11 Å². The molecule has 5 heteroatoms. The topological polar surface area (TPSA) is 72.6 Å². The molecule has 0 aliphatic rings. The number of rotatable bonds is 2. The Bertz CT molecular complexity index is 259. The van der Waals surface area contributed by atoms with E-state index in [2.05, 4.69) is 14.4 Å². The second-order valence-electron chi connectivity index (χ2n) is 2.71. The Hall–Kier alpha value is -1.36. The van der Waals surface area contributed by atoms with Crippen LogP contribution in [0.25, 0.3) is 0 Å². The molecule has 1 heterocycles. The lowest BCUT2D eigenvalue weighted by Crippen LogP contribution is -2.26. The van der Waals surface area contributed by atoms with E-state index in [1.807, 2.05) is 0 Å². The van der Waals surface area contributed by atoms with Crippen molar-refractivity contribution in [3.8, 4) is 0 Å². The summed E-state index contributed by atoms with van der Waals surface area (Å²) >= 11 is 0. The van der Waals surface area contributed by atoms with Crippen LogP contribution in [0.1, 0.15) is 24.4 Å². The average molecular weight is 171 g/mol. The molecule has 0 spiro atoms. The largest absolute Gasteiger partial charge is 0.428 e. The lowest BCUT2D eigenvalue weighted by molar-refractivity contribution is -0.137. The van der Waals surface area contributed by atoms with Gasteiger partial charge in [0.2, 0.25) is 11.5 Å². The Kier molecular flexibility index (Phi) is 2.14. The van der Waals surface area contributed by atoms with E-state index in [0.717, 1.165) is 0 Å². The molecule has 66 valence electrons. The normalized spacial score (nSPS) is 11.2. The number of aromatic nitrogens is 1. The summed E-state index contributed by atoms with van der Waals surface area (Å²) < 4.78 is 9.07. The van der Waals surface area contributed by atoms with Gasteiger partial charge in [-0.25, -0.2) is 4.79 Å². The summed E-state index contributed by atoms with van der Waals surface area (Å²) in [6, 6.07) is 1.36. The molecule has 0 aromatic carbocycles. The van der Waals surface area contributed by atoms with Gasteiger partial charge >= 0.3 is 5.97 Å². The van der Waals surface area contributed by atoms with Crippen molar-refractivity contribution in [1.82, 2.24) is 5.16 Å². The van der Waals surface area contributed by atoms with E-state index < -0.39 is 11.8 Å². The predicted octanol–water partition coefficient (Wildman–Crippen LogP) is 0.560. The summed E-state index contributed by atoms with van der Waals surface area (Å²) in [6.45, 7) is 2.70. The molecule has 0 fully saturated rings. The number of nitrogens with zero attached hydrogens (tertiary/aromatic N) is 1. The van der Waals surface area contributed by atoms with Crippen molar-refractivity contribution in [2.24, 2.45) is 0 Å². The van der Waals surface area contributed by atoms with Gasteiger partial charge in [0.15, 0.2) is 0 Å². The molecule has 0 bridgehead atoms. The zero-order valence-corrected chi connectivity index (χ0v) is 6.77. The van der Waals surface area contributed by atoms with Crippen molar-refractivity contribution in [3.63, 3.8) is 0 Å². The Morgan fingerprint density at radius 2 is 2.42 bits per heavy atom.